The minimum Gasteiger partial charge on any atom is -0.368 e. The molecule has 0 aromatic carbocycles. The lowest BCUT2D eigenvalue weighted by molar-refractivity contribution is 0.408. The Labute approximate surface area is 97.2 Å². The molecule has 1 saturated carbocycles. The van der Waals surface area contributed by atoms with Crippen LogP contribution in [-0.2, 0) is 6.42 Å². The number of anilines is 1. The van der Waals surface area contributed by atoms with Crippen LogP contribution in [0.3, 0.4) is 0 Å². The summed E-state index contributed by atoms with van der Waals surface area (Å²) in [5.74, 6) is 1.51. The highest BCUT2D eigenvalue weighted by Crippen LogP contribution is 2.28. The van der Waals surface area contributed by atoms with Crippen molar-refractivity contribution in [2.24, 2.45) is 0 Å². The van der Waals surface area contributed by atoms with Gasteiger partial charge < -0.3 is 5.73 Å². The molecule has 1 aliphatic rings. The Morgan fingerprint density at radius 2 is 1.94 bits per heavy atom. The van der Waals surface area contributed by atoms with Crippen LogP contribution < -0.4 is 5.73 Å². The molecule has 1 aromatic rings. The van der Waals surface area contributed by atoms with Gasteiger partial charge in [-0.25, -0.2) is 4.68 Å². The van der Waals surface area contributed by atoms with Crippen LogP contribution in [0, 0.1) is 0 Å². The van der Waals surface area contributed by atoms with E-state index in [1.165, 1.54) is 38.5 Å². The van der Waals surface area contributed by atoms with Crippen LogP contribution in [0.5, 0.6) is 0 Å². The van der Waals surface area contributed by atoms with Gasteiger partial charge in [-0.2, -0.15) is 10.1 Å². The van der Waals surface area contributed by atoms with Crippen LogP contribution in [0.25, 0.3) is 0 Å². The van der Waals surface area contributed by atoms with Crippen LogP contribution in [-0.4, -0.2) is 14.8 Å². The monoisotopic (exact) mass is 222 g/mol. The van der Waals surface area contributed by atoms with E-state index in [0.717, 1.165) is 18.7 Å². The van der Waals surface area contributed by atoms with Gasteiger partial charge in [0, 0.05) is 6.42 Å². The largest absolute Gasteiger partial charge is 0.368 e. The summed E-state index contributed by atoms with van der Waals surface area (Å²) in [6.45, 7) is 2.14. The van der Waals surface area contributed by atoms with Gasteiger partial charge >= 0.3 is 0 Å². The second-order valence-corrected chi connectivity index (χ2v) is 4.73. The number of hydrogen-bond acceptors (Lipinski definition) is 3. The summed E-state index contributed by atoms with van der Waals surface area (Å²) < 4.78 is 1.97. The molecule has 0 amide bonds. The average molecular weight is 222 g/mol. The van der Waals surface area contributed by atoms with Crippen LogP contribution in [0.4, 0.5) is 5.95 Å². The van der Waals surface area contributed by atoms with E-state index in [4.69, 9.17) is 5.73 Å². The average Bonchev–Trinajstić information content (AvgIpc) is 2.52. The predicted molar refractivity (Wildman–Crippen MR) is 65.2 cm³/mol. The summed E-state index contributed by atoms with van der Waals surface area (Å²) in [6.07, 6.45) is 9.73. The summed E-state index contributed by atoms with van der Waals surface area (Å²) in [5, 5.41) is 4.55. The van der Waals surface area contributed by atoms with Crippen molar-refractivity contribution in [2.75, 3.05) is 5.73 Å². The predicted octanol–water partition coefficient (Wildman–Crippen LogP) is 2.71. The van der Waals surface area contributed by atoms with Gasteiger partial charge in [0.1, 0.15) is 0 Å². The van der Waals surface area contributed by atoms with Gasteiger partial charge in [-0.1, -0.05) is 32.6 Å². The van der Waals surface area contributed by atoms with E-state index < -0.39 is 0 Å². The number of aromatic nitrogens is 3. The van der Waals surface area contributed by atoms with Gasteiger partial charge in [0.05, 0.1) is 6.04 Å². The van der Waals surface area contributed by atoms with Gasteiger partial charge in [0.15, 0.2) is 5.82 Å². The molecular weight excluding hydrogens is 200 g/mol. The molecule has 0 spiro atoms. The second kappa shape index (κ2) is 5.32. The SMILES string of the molecule is CCCc1nc(N)n(C2CCCCCC2)n1. The van der Waals surface area contributed by atoms with E-state index in [1.807, 2.05) is 4.68 Å². The minimum absolute atomic E-state index is 0.487. The standard InChI is InChI=1S/C12H22N4/c1-2-7-11-14-12(13)16(15-11)10-8-5-3-4-6-9-10/h10H,2-9H2,1H3,(H2,13,14,15). The molecule has 4 nitrogen and oxygen atoms in total. The molecule has 1 aromatic heterocycles. The maximum Gasteiger partial charge on any atom is 0.218 e. The van der Waals surface area contributed by atoms with Crippen LogP contribution in [0.1, 0.15) is 63.7 Å². The van der Waals surface area contributed by atoms with Crippen molar-refractivity contribution in [3.63, 3.8) is 0 Å². The molecule has 0 saturated heterocycles. The van der Waals surface area contributed by atoms with E-state index in [0.29, 0.717) is 12.0 Å². The number of nitrogen functional groups attached to an aromatic ring is 1. The van der Waals surface area contributed by atoms with Crippen molar-refractivity contribution >= 4 is 5.95 Å². The van der Waals surface area contributed by atoms with Crippen molar-refractivity contribution in [1.82, 2.24) is 14.8 Å². The molecule has 0 aliphatic heterocycles. The Balaban J connectivity index is 2.11. The van der Waals surface area contributed by atoms with Crippen molar-refractivity contribution in [2.45, 2.75) is 64.3 Å². The molecular formula is C12H22N4. The first-order chi connectivity index (χ1) is 7.81. The van der Waals surface area contributed by atoms with Crippen LogP contribution >= 0.6 is 0 Å². The quantitative estimate of drug-likeness (QED) is 0.800. The summed E-state index contributed by atoms with van der Waals surface area (Å²) >= 11 is 0. The normalized spacial score (nSPS) is 18.6. The topological polar surface area (TPSA) is 56.7 Å². The number of nitrogens with two attached hydrogens (primary N) is 1. The smallest absolute Gasteiger partial charge is 0.218 e. The fraction of sp³-hybridized carbons (Fsp3) is 0.833. The highest BCUT2D eigenvalue weighted by molar-refractivity contribution is 5.17. The molecule has 0 unspecified atom stereocenters. The van der Waals surface area contributed by atoms with Crippen molar-refractivity contribution in [1.29, 1.82) is 0 Å². The summed E-state index contributed by atoms with van der Waals surface area (Å²) in [4.78, 5) is 4.34. The molecule has 2 N–H and O–H groups in total. The zero-order chi connectivity index (χ0) is 11.4. The summed E-state index contributed by atoms with van der Waals surface area (Å²) in [6, 6.07) is 0.487. The molecule has 16 heavy (non-hydrogen) atoms. The Morgan fingerprint density at radius 3 is 2.56 bits per heavy atom. The first kappa shape index (κ1) is 11.4. The van der Waals surface area contributed by atoms with Gasteiger partial charge in [0.2, 0.25) is 5.95 Å². The molecule has 1 heterocycles. The van der Waals surface area contributed by atoms with Crippen LogP contribution in [0.2, 0.25) is 0 Å². The fourth-order valence-electron chi connectivity index (χ4n) is 2.48. The number of aryl methyl sites for hydroxylation is 1. The van der Waals surface area contributed by atoms with E-state index in [2.05, 4.69) is 17.0 Å². The molecule has 1 aliphatic carbocycles. The van der Waals surface area contributed by atoms with Gasteiger partial charge in [-0.05, 0) is 19.3 Å². The minimum atomic E-state index is 0.487. The molecule has 2 rings (SSSR count). The third-order valence-electron chi connectivity index (χ3n) is 3.35. The Bertz CT molecular complexity index is 324. The molecule has 1 fully saturated rings. The van der Waals surface area contributed by atoms with Gasteiger partial charge in [-0.3, -0.25) is 0 Å². The second-order valence-electron chi connectivity index (χ2n) is 4.73. The van der Waals surface area contributed by atoms with Crippen LogP contribution in [0.15, 0.2) is 0 Å². The van der Waals surface area contributed by atoms with Gasteiger partial charge in [-0.15, -0.1) is 0 Å². The Kier molecular flexibility index (Phi) is 3.80. The highest BCUT2D eigenvalue weighted by Gasteiger charge is 2.18. The summed E-state index contributed by atoms with van der Waals surface area (Å²) in [7, 11) is 0. The zero-order valence-electron chi connectivity index (χ0n) is 10.2. The highest BCUT2D eigenvalue weighted by atomic mass is 15.4. The van der Waals surface area contributed by atoms with E-state index >= 15 is 0 Å². The number of nitrogens with zero attached hydrogens (tertiary/aromatic N) is 3. The lowest BCUT2D eigenvalue weighted by atomic mass is 10.1. The Hall–Kier alpha value is -1.06. The molecule has 90 valence electrons. The maximum absolute atomic E-state index is 5.94. The third-order valence-corrected chi connectivity index (χ3v) is 3.35. The van der Waals surface area contributed by atoms with Crippen molar-refractivity contribution < 1.29 is 0 Å². The fourth-order valence-corrected chi connectivity index (χ4v) is 2.48. The van der Waals surface area contributed by atoms with Crippen molar-refractivity contribution in [3.05, 3.63) is 5.82 Å². The van der Waals surface area contributed by atoms with Crippen molar-refractivity contribution in [3.8, 4) is 0 Å². The zero-order valence-corrected chi connectivity index (χ0v) is 10.2. The Morgan fingerprint density at radius 1 is 1.25 bits per heavy atom. The van der Waals surface area contributed by atoms with E-state index in [9.17, 15) is 0 Å². The lowest BCUT2D eigenvalue weighted by Gasteiger charge is -2.14. The molecule has 0 atom stereocenters. The maximum atomic E-state index is 5.94. The van der Waals surface area contributed by atoms with E-state index in [1.54, 1.807) is 0 Å². The van der Waals surface area contributed by atoms with Gasteiger partial charge in [0.25, 0.3) is 0 Å². The first-order valence-corrected chi connectivity index (χ1v) is 6.52. The lowest BCUT2D eigenvalue weighted by Crippen LogP contribution is -2.13. The number of rotatable bonds is 3. The number of hydrogen-bond donors (Lipinski definition) is 1. The molecule has 0 bridgehead atoms. The third kappa shape index (κ3) is 2.54. The first-order valence-electron chi connectivity index (χ1n) is 6.52. The summed E-state index contributed by atoms with van der Waals surface area (Å²) in [5.41, 5.74) is 5.94. The molecule has 0 radical (unpaired) electrons. The van der Waals surface area contributed by atoms with E-state index in [-0.39, 0.29) is 0 Å². The molecule has 4 heteroatoms.